The van der Waals surface area contributed by atoms with Gasteiger partial charge in [0.2, 0.25) is 5.95 Å². The molecule has 2 atom stereocenters. The number of halogens is 1. The van der Waals surface area contributed by atoms with E-state index in [4.69, 9.17) is 0 Å². The van der Waals surface area contributed by atoms with Crippen LogP contribution >= 0.6 is 0 Å². The summed E-state index contributed by atoms with van der Waals surface area (Å²) < 4.78 is 15.2. The molecule has 6 heteroatoms. The first-order chi connectivity index (χ1) is 12.0. The topological polar surface area (TPSA) is 50.2 Å². The van der Waals surface area contributed by atoms with E-state index in [1.54, 1.807) is 12.1 Å². The lowest BCUT2D eigenvalue weighted by Gasteiger charge is -2.49. The van der Waals surface area contributed by atoms with Crippen molar-refractivity contribution in [2.75, 3.05) is 13.1 Å². The van der Waals surface area contributed by atoms with Crippen LogP contribution in [0, 0.1) is 11.9 Å². The van der Waals surface area contributed by atoms with Gasteiger partial charge in [-0.15, -0.1) is 0 Å². The van der Waals surface area contributed by atoms with Crippen LogP contribution in [0.1, 0.15) is 30.3 Å². The van der Waals surface area contributed by atoms with Gasteiger partial charge in [0.15, 0.2) is 0 Å². The molecular formula is C19H23FN4O. The Bertz CT molecular complexity index is 792. The van der Waals surface area contributed by atoms with E-state index in [0.717, 1.165) is 31.6 Å². The highest BCUT2D eigenvalue weighted by atomic mass is 19.1. The van der Waals surface area contributed by atoms with Gasteiger partial charge < -0.3 is 9.88 Å². The fourth-order valence-electron chi connectivity index (χ4n) is 4.36. The summed E-state index contributed by atoms with van der Waals surface area (Å²) in [5, 5.41) is 3.25. The van der Waals surface area contributed by atoms with Crippen LogP contribution in [0.2, 0.25) is 0 Å². The molecule has 2 aromatic heterocycles. The molecule has 0 saturated carbocycles. The summed E-state index contributed by atoms with van der Waals surface area (Å²) in [5.41, 5.74) is 2.11. The van der Waals surface area contributed by atoms with Crippen molar-refractivity contribution >= 4 is 5.91 Å². The summed E-state index contributed by atoms with van der Waals surface area (Å²) in [6.07, 6.45) is 3.75. The van der Waals surface area contributed by atoms with Crippen LogP contribution in [-0.2, 0) is 7.05 Å². The quantitative estimate of drug-likeness (QED) is 0.872. The van der Waals surface area contributed by atoms with Gasteiger partial charge >= 0.3 is 0 Å². The van der Waals surface area contributed by atoms with E-state index >= 15 is 0 Å². The van der Waals surface area contributed by atoms with Crippen LogP contribution in [0.5, 0.6) is 0 Å². The first-order valence-corrected chi connectivity index (χ1v) is 8.87. The molecule has 1 N–H and O–H groups in total. The molecule has 0 spiro atoms. The van der Waals surface area contributed by atoms with Gasteiger partial charge in [-0.25, -0.2) is 4.98 Å². The fourth-order valence-corrected chi connectivity index (χ4v) is 4.36. The minimum absolute atomic E-state index is 0.0612. The van der Waals surface area contributed by atoms with Crippen molar-refractivity contribution in [2.45, 2.75) is 31.8 Å². The highest BCUT2D eigenvalue weighted by Crippen LogP contribution is 2.32. The maximum Gasteiger partial charge on any atom is 0.268 e. The Labute approximate surface area is 146 Å². The van der Waals surface area contributed by atoms with Crippen LogP contribution in [-0.4, -0.2) is 45.5 Å². The first-order valence-electron chi connectivity index (χ1n) is 8.87. The van der Waals surface area contributed by atoms with E-state index in [0.29, 0.717) is 23.2 Å². The molecule has 3 fully saturated rings. The zero-order valence-electron chi connectivity index (χ0n) is 14.6. The molecule has 0 aromatic carbocycles. The molecule has 0 aliphatic carbocycles. The lowest BCUT2D eigenvalue weighted by atomic mass is 9.79. The Balaban J connectivity index is 1.55. The Kier molecular flexibility index (Phi) is 4.07. The molecule has 0 unspecified atom stereocenters. The van der Waals surface area contributed by atoms with E-state index in [1.807, 2.05) is 17.7 Å². The van der Waals surface area contributed by atoms with E-state index in [2.05, 4.69) is 22.1 Å². The van der Waals surface area contributed by atoms with Crippen LogP contribution in [0.4, 0.5) is 4.39 Å². The van der Waals surface area contributed by atoms with Gasteiger partial charge in [0.1, 0.15) is 5.69 Å². The average Bonchev–Trinajstić information content (AvgIpc) is 3.00. The summed E-state index contributed by atoms with van der Waals surface area (Å²) in [7, 11) is 1.84. The second-order valence-corrected chi connectivity index (χ2v) is 7.14. The predicted molar refractivity (Wildman–Crippen MR) is 93.6 cm³/mol. The number of pyridine rings is 1. The van der Waals surface area contributed by atoms with Gasteiger partial charge in [0.05, 0.1) is 0 Å². The molecule has 3 aliphatic heterocycles. The number of hydrogen-bond donors (Lipinski definition) is 1. The van der Waals surface area contributed by atoms with Gasteiger partial charge in [-0.2, -0.15) is 4.39 Å². The van der Waals surface area contributed by atoms with Crippen molar-refractivity contribution in [3.63, 3.8) is 0 Å². The molecule has 5 rings (SSSR count). The predicted octanol–water partition coefficient (Wildman–Crippen LogP) is 2.44. The second kappa shape index (κ2) is 6.26. The second-order valence-electron chi connectivity index (χ2n) is 7.14. The number of carbonyl (C=O) groups excluding carboxylic acids is 1. The standard InChI is InChI=1S/C19H23FN4O/c1-12-18(13-6-9-24(12)10-7-13)22-19(25)16-4-3-15(23(16)2)14-5-8-21-17(20)11-14/h3-5,8,11-13,18H,6-7,9-10H2,1-2H3,(H,22,25)/t12-,18-/m0/s1. The zero-order valence-corrected chi connectivity index (χ0v) is 14.6. The van der Waals surface area contributed by atoms with Crippen LogP contribution in [0.3, 0.4) is 0 Å². The van der Waals surface area contributed by atoms with Crippen molar-refractivity contribution in [1.82, 2.24) is 19.8 Å². The summed E-state index contributed by atoms with van der Waals surface area (Å²) in [6.45, 7) is 4.48. The third kappa shape index (κ3) is 2.84. The maximum absolute atomic E-state index is 13.4. The van der Waals surface area contributed by atoms with Crippen molar-refractivity contribution in [2.24, 2.45) is 13.0 Å². The third-order valence-corrected chi connectivity index (χ3v) is 5.85. The number of carbonyl (C=O) groups is 1. The number of rotatable bonds is 3. The molecule has 5 nitrogen and oxygen atoms in total. The number of hydrogen-bond acceptors (Lipinski definition) is 3. The van der Waals surface area contributed by atoms with Crippen molar-refractivity contribution in [3.05, 3.63) is 42.1 Å². The monoisotopic (exact) mass is 342 g/mol. The minimum atomic E-state index is -0.522. The van der Waals surface area contributed by atoms with E-state index in [-0.39, 0.29) is 11.9 Å². The number of aromatic nitrogens is 2. The summed E-state index contributed by atoms with van der Waals surface area (Å²) in [5.74, 6) is -0.0160. The van der Waals surface area contributed by atoms with Crippen LogP contribution < -0.4 is 5.32 Å². The molecule has 5 heterocycles. The molecule has 25 heavy (non-hydrogen) atoms. The molecule has 3 aliphatic rings. The molecular weight excluding hydrogens is 319 g/mol. The lowest BCUT2D eigenvalue weighted by molar-refractivity contribution is 0.0215. The van der Waals surface area contributed by atoms with Crippen molar-refractivity contribution in [1.29, 1.82) is 0 Å². The van der Waals surface area contributed by atoms with Crippen molar-refractivity contribution in [3.8, 4) is 11.3 Å². The van der Waals surface area contributed by atoms with Crippen LogP contribution in [0.25, 0.3) is 11.3 Å². The van der Waals surface area contributed by atoms with Gasteiger partial charge in [-0.3, -0.25) is 9.69 Å². The third-order valence-electron chi connectivity index (χ3n) is 5.85. The van der Waals surface area contributed by atoms with E-state index in [1.165, 1.54) is 12.3 Å². The Morgan fingerprint density at radius 3 is 2.72 bits per heavy atom. The Morgan fingerprint density at radius 1 is 1.28 bits per heavy atom. The Hall–Kier alpha value is -2.21. The highest BCUT2D eigenvalue weighted by molar-refractivity contribution is 5.94. The Morgan fingerprint density at radius 2 is 2.04 bits per heavy atom. The number of piperidine rings is 3. The maximum atomic E-state index is 13.4. The molecule has 0 radical (unpaired) electrons. The minimum Gasteiger partial charge on any atom is -0.346 e. The normalized spacial score (nSPS) is 28.1. The highest BCUT2D eigenvalue weighted by Gasteiger charge is 2.40. The van der Waals surface area contributed by atoms with E-state index in [9.17, 15) is 9.18 Å². The number of nitrogens with zero attached hydrogens (tertiary/aromatic N) is 3. The summed E-state index contributed by atoms with van der Waals surface area (Å²) >= 11 is 0. The zero-order chi connectivity index (χ0) is 17.6. The summed E-state index contributed by atoms with van der Waals surface area (Å²) in [6, 6.07) is 7.36. The van der Waals surface area contributed by atoms with Gasteiger partial charge in [0.25, 0.3) is 5.91 Å². The lowest BCUT2D eigenvalue weighted by Crippen LogP contribution is -2.62. The molecule has 3 saturated heterocycles. The number of amides is 1. The van der Waals surface area contributed by atoms with E-state index < -0.39 is 5.95 Å². The molecule has 2 aromatic rings. The smallest absolute Gasteiger partial charge is 0.268 e. The van der Waals surface area contributed by atoms with Gasteiger partial charge in [0, 0.05) is 42.7 Å². The first kappa shape index (κ1) is 16.3. The van der Waals surface area contributed by atoms with Gasteiger partial charge in [-0.1, -0.05) is 0 Å². The number of nitrogens with one attached hydrogen (secondary N) is 1. The molecule has 1 amide bonds. The average molecular weight is 342 g/mol. The molecule has 2 bridgehead atoms. The largest absolute Gasteiger partial charge is 0.346 e. The van der Waals surface area contributed by atoms with Crippen molar-refractivity contribution < 1.29 is 9.18 Å². The van der Waals surface area contributed by atoms with Gasteiger partial charge in [-0.05, 0) is 57.0 Å². The van der Waals surface area contributed by atoms with Crippen LogP contribution in [0.15, 0.2) is 30.5 Å². The fraction of sp³-hybridized carbons (Fsp3) is 0.474. The molecule has 132 valence electrons. The number of fused-ring (bicyclic) bond motifs is 3. The SMILES string of the molecule is C[C@H]1[C@H](NC(=O)c2ccc(-c3ccnc(F)c3)n2C)C2CCN1CC2. The summed E-state index contributed by atoms with van der Waals surface area (Å²) in [4.78, 5) is 18.9.